The molecule has 0 aromatic rings. The van der Waals surface area contributed by atoms with Crippen LogP contribution in [-0.2, 0) is 14.0 Å². The maximum atomic E-state index is 12.7. The molecule has 1 aliphatic rings. The van der Waals surface area contributed by atoms with Crippen LogP contribution in [0.3, 0.4) is 0 Å². The normalized spacial score (nSPS) is 25.2. The molecule has 26 heavy (non-hydrogen) atoms. The van der Waals surface area contributed by atoms with E-state index in [1.165, 1.54) is 7.11 Å². The molecule has 0 aromatic carbocycles. The fourth-order valence-corrected chi connectivity index (χ4v) is 11.2. The third kappa shape index (κ3) is 3.96. The summed E-state index contributed by atoms with van der Waals surface area (Å²) in [4.78, 5) is 12.7. The average molecular weight is 383 g/mol. The highest BCUT2D eigenvalue weighted by Crippen LogP contribution is 2.52. The van der Waals surface area contributed by atoms with Gasteiger partial charge in [0, 0.05) is 0 Å². The van der Waals surface area contributed by atoms with Gasteiger partial charge in [0.25, 0.3) is 0 Å². The summed E-state index contributed by atoms with van der Waals surface area (Å²) in [5, 5.41) is 0. The zero-order chi connectivity index (χ0) is 20.3. The molecule has 0 aromatic heterocycles. The fourth-order valence-electron chi connectivity index (χ4n) is 5.72. The third-order valence-electron chi connectivity index (χ3n) is 7.27. The molecule has 0 heterocycles. The van der Waals surface area contributed by atoms with Crippen molar-refractivity contribution in [3.05, 3.63) is 12.2 Å². The van der Waals surface area contributed by atoms with E-state index in [-0.39, 0.29) is 11.9 Å². The van der Waals surface area contributed by atoms with Gasteiger partial charge in [0.2, 0.25) is 8.32 Å². The van der Waals surface area contributed by atoms with Gasteiger partial charge >= 0.3 is 5.97 Å². The van der Waals surface area contributed by atoms with Gasteiger partial charge in [-0.25, -0.2) is 0 Å². The molecular weight excluding hydrogens is 340 g/mol. The molecule has 0 bridgehead atoms. The van der Waals surface area contributed by atoms with Crippen molar-refractivity contribution >= 4 is 14.3 Å². The number of esters is 1. The zero-order valence-corrected chi connectivity index (χ0v) is 19.6. The summed E-state index contributed by atoms with van der Waals surface area (Å²) in [5.74, 6) is 0.325. The minimum absolute atomic E-state index is 0.0729. The van der Waals surface area contributed by atoms with Gasteiger partial charge in [0.15, 0.2) is 0 Å². The molecule has 0 amide bonds. The first-order valence-corrected chi connectivity index (χ1v) is 12.5. The van der Waals surface area contributed by atoms with Crippen LogP contribution < -0.4 is 0 Å². The second-order valence-electron chi connectivity index (χ2n) is 9.31. The molecule has 4 heteroatoms. The van der Waals surface area contributed by atoms with Crippen LogP contribution in [0, 0.1) is 17.3 Å². The molecule has 1 rings (SSSR count). The van der Waals surface area contributed by atoms with E-state index in [1.54, 1.807) is 0 Å². The van der Waals surface area contributed by atoms with Gasteiger partial charge in [0.1, 0.15) is 0 Å². The van der Waals surface area contributed by atoms with Crippen molar-refractivity contribution in [2.75, 3.05) is 13.7 Å². The quantitative estimate of drug-likeness (QED) is 0.265. The minimum atomic E-state index is -1.93. The Morgan fingerprint density at radius 1 is 1.12 bits per heavy atom. The Morgan fingerprint density at radius 3 is 1.96 bits per heavy atom. The monoisotopic (exact) mass is 382 g/mol. The van der Waals surface area contributed by atoms with Gasteiger partial charge in [-0.05, 0) is 46.9 Å². The number of carbonyl (C=O) groups excluding carboxylic acids is 1. The highest BCUT2D eigenvalue weighted by Gasteiger charge is 2.52. The molecule has 1 fully saturated rings. The fraction of sp³-hybridized carbons (Fsp3) is 0.864. The Labute approximate surface area is 163 Å². The number of methoxy groups -OCH3 is 1. The molecular formula is C22H42O3Si. The van der Waals surface area contributed by atoms with Gasteiger partial charge in [-0.2, -0.15) is 0 Å². The molecule has 152 valence electrons. The van der Waals surface area contributed by atoms with Crippen molar-refractivity contribution in [3.8, 4) is 0 Å². The summed E-state index contributed by atoms with van der Waals surface area (Å²) in [6.45, 7) is 23.1. The third-order valence-corrected chi connectivity index (χ3v) is 13.3. The first kappa shape index (κ1) is 23.4. The standard InChI is InChI=1S/C22H42O3Si/c1-15(2)26(16(3)4,17(5)6)25-14-18(7)20(9)22(21(23)24-10)13-11-12-19(22)8/h15-17,19-20H,7,11-14H2,1-6,8-10H3/t19-,20-,22+/m1/s1. The number of hydrogen-bond acceptors (Lipinski definition) is 3. The summed E-state index contributed by atoms with van der Waals surface area (Å²) in [6, 6.07) is 0. The van der Waals surface area contributed by atoms with E-state index in [2.05, 4.69) is 62.0 Å². The van der Waals surface area contributed by atoms with E-state index in [0.717, 1.165) is 24.8 Å². The average Bonchev–Trinajstić information content (AvgIpc) is 2.95. The van der Waals surface area contributed by atoms with E-state index >= 15 is 0 Å². The van der Waals surface area contributed by atoms with Gasteiger partial charge in [-0.1, -0.05) is 68.4 Å². The molecule has 3 nitrogen and oxygen atoms in total. The van der Waals surface area contributed by atoms with Crippen LogP contribution in [0.15, 0.2) is 12.2 Å². The Bertz CT molecular complexity index is 476. The molecule has 3 atom stereocenters. The minimum Gasteiger partial charge on any atom is -0.469 e. The van der Waals surface area contributed by atoms with Crippen molar-refractivity contribution in [2.45, 2.75) is 91.3 Å². The Hall–Kier alpha value is -0.613. The van der Waals surface area contributed by atoms with E-state index in [4.69, 9.17) is 9.16 Å². The summed E-state index contributed by atoms with van der Waals surface area (Å²) in [6.07, 6.45) is 3.05. The van der Waals surface area contributed by atoms with Crippen LogP contribution in [0.1, 0.15) is 74.7 Å². The first-order chi connectivity index (χ1) is 12.0. The van der Waals surface area contributed by atoms with Crippen LogP contribution in [0.25, 0.3) is 0 Å². The largest absolute Gasteiger partial charge is 0.469 e. The molecule has 0 saturated heterocycles. The van der Waals surface area contributed by atoms with Crippen molar-refractivity contribution < 1.29 is 14.0 Å². The van der Waals surface area contributed by atoms with E-state index in [1.807, 2.05) is 0 Å². The zero-order valence-electron chi connectivity index (χ0n) is 18.6. The van der Waals surface area contributed by atoms with Crippen LogP contribution >= 0.6 is 0 Å². The number of ether oxygens (including phenoxy) is 1. The molecule has 1 saturated carbocycles. The van der Waals surface area contributed by atoms with Gasteiger partial charge in [-0.3, -0.25) is 4.79 Å². The first-order valence-electron chi connectivity index (χ1n) is 10.4. The number of hydrogen-bond donors (Lipinski definition) is 0. The summed E-state index contributed by atoms with van der Waals surface area (Å²) in [7, 11) is -0.420. The van der Waals surface area contributed by atoms with Crippen LogP contribution in [0.4, 0.5) is 0 Å². The predicted molar refractivity (Wildman–Crippen MR) is 113 cm³/mol. The van der Waals surface area contributed by atoms with Gasteiger partial charge in [-0.15, -0.1) is 0 Å². The second kappa shape index (κ2) is 9.05. The lowest BCUT2D eigenvalue weighted by molar-refractivity contribution is -0.157. The van der Waals surface area contributed by atoms with Gasteiger partial charge < -0.3 is 9.16 Å². The lowest BCUT2D eigenvalue weighted by atomic mass is 9.67. The van der Waals surface area contributed by atoms with Crippen molar-refractivity contribution in [2.24, 2.45) is 17.3 Å². The molecule has 0 spiro atoms. The number of carbonyl (C=O) groups is 1. The topological polar surface area (TPSA) is 35.5 Å². The summed E-state index contributed by atoms with van der Waals surface area (Å²) in [5.41, 5.74) is 2.25. The highest BCUT2D eigenvalue weighted by atomic mass is 28.4. The highest BCUT2D eigenvalue weighted by molar-refractivity contribution is 6.77. The van der Waals surface area contributed by atoms with Crippen molar-refractivity contribution in [1.29, 1.82) is 0 Å². The predicted octanol–water partition coefficient (Wildman–Crippen LogP) is 6.35. The maximum Gasteiger partial charge on any atom is 0.312 e. The van der Waals surface area contributed by atoms with Crippen molar-refractivity contribution in [3.63, 3.8) is 0 Å². The van der Waals surface area contributed by atoms with E-state index in [0.29, 0.717) is 29.1 Å². The van der Waals surface area contributed by atoms with Crippen molar-refractivity contribution in [1.82, 2.24) is 0 Å². The Kier molecular flexibility index (Phi) is 8.16. The van der Waals surface area contributed by atoms with Crippen LogP contribution in [0.2, 0.25) is 16.6 Å². The Balaban J connectivity index is 3.03. The smallest absolute Gasteiger partial charge is 0.312 e. The summed E-state index contributed by atoms with van der Waals surface area (Å²) >= 11 is 0. The molecule has 0 unspecified atom stereocenters. The van der Waals surface area contributed by atoms with E-state index < -0.39 is 13.7 Å². The number of rotatable bonds is 9. The lowest BCUT2D eigenvalue weighted by Crippen LogP contribution is -2.49. The van der Waals surface area contributed by atoms with Gasteiger partial charge in [0.05, 0.1) is 19.1 Å². The summed E-state index contributed by atoms with van der Waals surface area (Å²) < 4.78 is 12.0. The molecule has 0 radical (unpaired) electrons. The lowest BCUT2D eigenvalue weighted by Gasteiger charge is -2.43. The maximum absolute atomic E-state index is 12.7. The SMILES string of the molecule is C=C(CO[Si](C(C)C)(C(C)C)C(C)C)[C@@H](C)[C@]1(C(=O)OC)CCC[C@H]1C. The van der Waals surface area contributed by atoms with E-state index in [9.17, 15) is 4.79 Å². The molecule has 0 N–H and O–H groups in total. The molecule has 0 aliphatic heterocycles. The van der Waals surface area contributed by atoms with Crippen LogP contribution in [0.5, 0.6) is 0 Å². The second-order valence-corrected chi connectivity index (χ2v) is 14.8. The van der Waals surface area contributed by atoms with Crippen LogP contribution in [-0.4, -0.2) is 28.0 Å². The Morgan fingerprint density at radius 2 is 1.62 bits per heavy atom. The molecule has 1 aliphatic carbocycles.